The largest absolute Gasteiger partial charge is 0.500 e. The first-order valence-corrected chi connectivity index (χ1v) is 12.9. The van der Waals surface area contributed by atoms with Gasteiger partial charge in [0, 0.05) is 38.0 Å². The van der Waals surface area contributed by atoms with Gasteiger partial charge in [-0.1, -0.05) is 0 Å². The second-order valence-corrected chi connectivity index (χ2v) is 10.1. The Bertz CT molecular complexity index is 673. The number of ether oxygens (including phenoxy) is 2. The molecule has 182 valence electrons. The van der Waals surface area contributed by atoms with Gasteiger partial charge in [0.05, 0.1) is 0 Å². The molecule has 1 aromatic rings. The number of alkyl carbamates (subject to hydrolysis) is 1. The van der Waals surface area contributed by atoms with E-state index < -0.39 is 20.5 Å². The van der Waals surface area contributed by atoms with Crippen LogP contribution in [0.25, 0.3) is 0 Å². The van der Waals surface area contributed by atoms with Crippen LogP contribution in [0, 0.1) is 0 Å². The lowest BCUT2D eigenvalue weighted by atomic mass is 9.97. The third-order valence-corrected chi connectivity index (χ3v) is 7.43. The predicted octanol–water partition coefficient (Wildman–Crippen LogP) is 3.18. The number of ketones is 1. The minimum absolute atomic E-state index is 0.0751. The highest BCUT2D eigenvalue weighted by atomic mass is 28.4. The zero-order chi connectivity index (χ0) is 24.0. The van der Waals surface area contributed by atoms with E-state index in [9.17, 15) is 14.7 Å². The fourth-order valence-electron chi connectivity index (χ4n) is 2.90. The minimum Gasteiger partial charge on any atom is -0.490 e. The first-order chi connectivity index (χ1) is 15.2. The van der Waals surface area contributed by atoms with Gasteiger partial charge in [0.15, 0.2) is 5.78 Å². The topological polar surface area (TPSA) is 113 Å². The number of carbonyl (C=O) groups excluding carboxylic acids is 2. The maximum absolute atomic E-state index is 12.0. The number of hydrogen-bond acceptors (Lipinski definition) is 8. The highest BCUT2D eigenvalue weighted by Gasteiger charge is 2.39. The summed E-state index contributed by atoms with van der Waals surface area (Å²) in [6.07, 6.45) is 0.115. The van der Waals surface area contributed by atoms with E-state index in [1.807, 2.05) is 20.8 Å². The second kappa shape index (κ2) is 14.2. The number of hydrogen-bond donors (Lipinski definition) is 2. The van der Waals surface area contributed by atoms with E-state index >= 15 is 0 Å². The van der Waals surface area contributed by atoms with E-state index in [-0.39, 0.29) is 19.0 Å². The smallest absolute Gasteiger partial charge is 0.490 e. The number of rotatable bonds is 16. The Morgan fingerprint density at radius 3 is 2.03 bits per heavy atom. The van der Waals surface area contributed by atoms with Gasteiger partial charge in [0.25, 0.3) is 0 Å². The molecule has 0 bridgehead atoms. The average Bonchev–Trinajstić information content (AvgIpc) is 2.74. The summed E-state index contributed by atoms with van der Waals surface area (Å²) in [4.78, 5) is 23.8. The zero-order valence-electron chi connectivity index (χ0n) is 19.8. The van der Waals surface area contributed by atoms with Gasteiger partial charge in [-0.05, 0) is 65.3 Å². The molecule has 0 aromatic heterocycles. The third-order valence-electron chi connectivity index (χ3n) is 4.28. The fourth-order valence-corrected chi connectivity index (χ4v) is 5.51. The molecular weight excluding hydrogens is 434 g/mol. The summed E-state index contributed by atoms with van der Waals surface area (Å²) in [5, 5.41) is 12.5. The Kier molecular flexibility index (Phi) is 12.5. The van der Waals surface area contributed by atoms with Crippen LogP contribution in [0.1, 0.15) is 51.4 Å². The first kappa shape index (κ1) is 28.1. The number of aliphatic hydroxyl groups is 1. The number of benzene rings is 1. The number of amides is 1. The van der Waals surface area contributed by atoms with E-state index in [0.717, 1.165) is 0 Å². The molecule has 0 aliphatic heterocycles. The summed E-state index contributed by atoms with van der Waals surface area (Å²) < 4.78 is 27.9. The van der Waals surface area contributed by atoms with Crippen molar-refractivity contribution in [3.8, 4) is 5.75 Å². The normalized spacial score (nSPS) is 11.8. The molecular formula is C22H37NO8Si. The average molecular weight is 472 g/mol. The Hall–Kier alpha value is -1.98. The molecule has 0 unspecified atom stereocenters. The maximum Gasteiger partial charge on any atom is 0.500 e. The lowest BCUT2D eigenvalue weighted by molar-refractivity contribution is 0.0488. The van der Waals surface area contributed by atoms with Crippen molar-refractivity contribution in [3.05, 3.63) is 29.8 Å². The highest BCUT2D eigenvalue weighted by molar-refractivity contribution is 6.60. The molecule has 9 nitrogen and oxygen atoms in total. The molecule has 0 heterocycles. The molecule has 1 rings (SSSR count). The summed E-state index contributed by atoms with van der Waals surface area (Å²) in [5.41, 5.74) is -1.03. The molecule has 0 spiro atoms. The van der Waals surface area contributed by atoms with Crippen molar-refractivity contribution < 1.29 is 37.4 Å². The van der Waals surface area contributed by atoms with Crippen molar-refractivity contribution in [2.75, 3.05) is 39.6 Å². The van der Waals surface area contributed by atoms with E-state index in [1.54, 1.807) is 24.3 Å². The molecule has 1 amide bonds. The molecule has 1 aromatic carbocycles. The molecule has 0 saturated heterocycles. The van der Waals surface area contributed by atoms with Crippen molar-refractivity contribution in [2.45, 2.75) is 52.7 Å². The van der Waals surface area contributed by atoms with Gasteiger partial charge in [-0.25, -0.2) is 4.79 Å². The van der Waals surface area contributed by atoms with Crippen LogP contribution in [-0.2, 0) is 18.0 Å². The predicted molar refractivity (Wildman–Crippen MR) is 122 cm³/mol. The Morgan fingerprint density at radius 2 is 1.53 bits per heavy atom. The Labute approximate surface area is 191 Å². The van der Waals surface area contributed by atoms with Gasteiger partial charge < -0.3 is 33.2 Å². The second-order valence-electron chi connectivity index (χ2n) is 7.41. The molecule has 0 saturated carbocycles. The standard InChI is InChI=1S/C22H37NO8Si/c1-6-29-32(30-7-2,31-8-3)17-9-14-23-21(25)28-16-15-27-19-12-10-18(11-13-19)20(24)22(4,5)26/h10-13,26H,6-9,14-17H2,1-5H3,(H,23,25). The van der Waals surface area contributed by atoms with E-state index in [1.165, 1.54) is 13.8 Å². The summed E-state index contributed by atoms with van der Waals surface area (Å²) in [6.45, 7) is 10.8. The summed E-state index contributed by atoms with van der Waals surface area (Å²) in [7, 11) is -2.71. The monoisotopic (exact) mass is 471 g/mol. The highest BCUT2D eigenvalue weighted by Crippen LogP contribution is 2.18. The molecule has 32 heavy (non-hydrogen) atoms. The van der Waals surface area contributed by atoms with Crippen molar-refractivity contribution in [1.82, 2.24) is 5.32 Å². The Morgan fingerprint density at radius 1 is 0.969 bits per heavy atom. The van der Waals surface area contributed by atoms with E-state index in [2.05, 4.69) is 5.32 Å². The molecule has 10 heteroatoms. The van der Waals surface area contributed by atoms with Crippen LogP contribution < -0.4 is 10.1 Å². The lowest BCUT2D eigenvalue weighted by Gasteiger charge is -2.28. The van der Waals surface area contributed by atoms with Crippen LogP contribution in [0.15, 0.2) is 24.3 Å². The third kappa shape index (κ3) is 10.1. The summed E-state index contributed by atoms with van der Waals surface area (Å²) >= 11 is 0. The fraction of sp³-hybridized carbons (Fsp3) is 0.636. The molecule has 0 fully saturated rings. The van der Waals surface area contributed by atoms with Crippen LogP contribution in [0.2, 0.25) is 6.04 Å². The van der Waals surface area contributed by atoms with Gasteiger partial charge in [0.1, 0.15) is 24.6 Å². The van der Waals surface area contributed by atoms with Crippen LogP contribution in [0.3, 0.4) is 0 Å². The van der Waals surface area contributed by atoms with Gasteiger partial charge in [-0.15, -0.1) is 0 Å². The molecule has 0 radical (unpaired) electrons. The maximum atomic E-state index is 12.0. The number of carbonyl (C=O) groups is 2. The first-order valence-electron chi connectivity index (χ1n) is 11.0. The van der Waals surface area contributed by atoms with Crippen molar-refractivity contribution in [3.63, 3.8) is 0 Å². The van der Waals surface area contributed by atoms with Gasteiger partial charge in [0.2, 0.25) is 0 Å². The summed E-state index contributed by atoms with van der Waals surface area (Å²) in [6, 6.07) is 7.03. The zero-order valence-corrected chi connectivity index (χ0v) is 20.8. The van der Waals surface area contributed by atoms with Gasteiger partial charge in [-0.2, -0.15) is 0 Å². The van der Waals surface area contributed by atoms with Crippen LogP contribution in [0.4, 0.5) is 4.79 Å². The van der Waals surface area contributed by atoms with Crippen molar-refractivity contribution in [2.24, 2.45) is 0 Å². The van der Waals surface area contributed by atoms with Gasteiger partial charge in [-0.3, -0.25) is 4.79 Å². The quantitative estimate of drug-likeness (QED) is 0.215. The van der Waals surface area contributed by atoms with E-state index in [0.29, 0.717) is 50.1 Å². The Balaban J connectivity index is 2.29. The van der Waals surface area contributed by atoms with Crippen LogP contribution in [-0.4, -0.2) is 71.0 Å². The molecule has 2 N–H and O–H groups in total. The van der Waals surface area contributed by atoms with Crippen LogP contribution >= 0.6 is 0 Å². The lowest BCUT2D eigenvalue weighted by Crippen LogP contribution is -2.46. The molecule has 0 atom stereocenters. The molecule has 0 aliphatic carbocycles. The molecule has 0 aliphatic rings. The van der Waals surface area contributed by atoms with Crippen molar-refractivity contribution in [1.29, 1.82) is 0 Å². The van der Waals surface area contributed by atoms with Gasteiger partial charge >= 0.3 is 14.9 Å². The SMILES string of the molecule is CCO[Si](CCCNC(=O)OCCOc1ccc(C(=O)C(C)(C)O)cc1)(OCC)OCC. The number of Topliss-reactive ketones (excluding diaryl/α,β-unsaturated/α-hetero) is 1. The summed E-state index contributed by atoms with van der Waals surface area (Å²) in [5.74, 6) is 0.165. The van der Waals surface area contributed by atoms with Crippen molar-refractivity contribution >= 4 is 20.7 Å². The minimum atomic E-state index is -2.71. The number of nitrogens with one attached hydrogen (secondary N) is 1. The van der Waals surface area contributed by atoms with E-state index in [4.69, 9.17) is 22.8 Å². The van der Waals surface area contributed by atoms with Crippen LogP contribution in [0.5, 0.6) is 5.75 Å².